The lowest BCUT2D eigenvalue weighted by Gasteiger charge is -2.07. The summed E-state index contributed by atoms with van der Waals surface area (Å²) in [5.41, 5.74) is 0.817. The van der Waals surface area contributed by atoms with Crippen LogP contribution in [0.4, 0.5) is 0 Å². The van der Waals surface area contributed by atoms with Crippen molar-refractivity contribution in [2.45, 2.75) is 0 Å². The monoisotopic (exact) mass is 366 g/mol. The first kappa shape index (κ1) is 13.6. The van der Waals surface area contributed by atoms with Crippen LogP contribution in [0.5, 0.6) is 11.5 Å². The molecule has 0 saturated carbocycles. The van der Waals surface area contributed by atoms with Crippen molar-refractivity contribution in [2.24, 2.45) is 0 Å². The van der Waals surface area contributed by atoms with Crippen molar-refractivity contribution in [1.82, 2.24) is 0 Å². The van der Waals surface area contributed by atoms with E-state index >= 15 is 0 Å². The Morgan fingerprint density at radius 1 is 1.11 bits per heavy atom. The zero-order valence-corrected chi connectivity index (χ0v) is 12.1. The summed E-state index contributed by atoms with van der Waals surface area (Å²) in [6, 6.07) is 15.0. The fourth-order valence-electron chi connectivity index (χ4n) is 1.47. The van der Waals surface area contributed by atoms with Gasteiger partial charge in [-0.15, -0.1) is 0 Å². The molecule has 2 rings (SSSR count). The van der Waals surface area contributed by atoms with Crippen LogP contribution in [0.15, 0.2) is 54.6 Å². The Hall–Kier alpha value is -1.82. The molecule has 3 nitrogen and oxygen atoms in total. The van der Waals surface area contributed by atoms with Crippen molar-refractivity contribution >= 4 is 34.6 Å². The summed E-state index contributed by atoms with van der Waals surface area (Å²) in [5.74, 6) is 0.563. The number of carboxylic acid groups (broad SMARTS) is 1. The van der Waals surface area contributed by atoms with E-state index in [4.69, 9.17) is 9.84 Å². The summed E-state index contributed by atoms with van der Waals surface area (Å²) in [6.07, 6.45) is 2.65. The Kier molecular flexibility index (Phi) is 4.57. The number of benzene rings is 2. The van der Waals surface area contributed by atoms with Gasteiger partial charge in [0.1, 0.15) is 11.5 Å². The lowest BCUT2D eigenvalue weighted by Crippen LogP contribution is -1.87. The van der Waals surface area contributed by atoms with Gasteiger partial charge in [-0.1, -0.05) is 24.3 Å². The second-order valence-electron chi connectivity index (χ2n) is 3.77. The number of hydrogen-bond acceptors (Lipinski definition) is 2. The molecule has 1 N–H and O–H groups in total. The molecule has 0 aliphatic heterocycles. The van der Waals surface area contributed by atoms with Crippen molar-refractivity contribution in [3.8, 4) is 11.5 Å². The van der Waals surface area contributed by atoms with E-state index in [1.165, 1.54) is 0 Å². The van der Waals surface area contributed by atoms with Crippen LogP contribution in [0.1, 0.15) is 5.56 Å². The molecule has 0 amide bonds. The molecule has 0 aliphatic rings. The highest BCUT2D eigenvalue weighted by Crippen LogP contribution is 2.26. The minimum Gasteiger partial charge on any atom is -0.478 e. The molecule has 0 unspecified atom stereocenters. The van der Waals surface area contributed by atoms with Crippen molar-refractivity contribution in [3.05, 3.63) is 63.7 Å². The fraction of sp³-hybridized carbons (Fsp3) is 0. The van der Waals surface area contributed by atoms with Gasteiger partial charge in [-0.2, -0.15) is 0 Å². The van der Waals surface area contributed by atoms with E-state index in [-0.39, 0.29) is 0 Å². The van der Waals surface area contributed by atoms with Crippen LogP contribution in [0.2, 0.25) is 0 Å². The normalized spacial score (nSPS) is 10.6. The molecule has 0 atom stereocenters. The fourth-order valence-corrected chi connectivity index (χ4v) is 1.97. The van der Waals surface area contributed by atoms with Gasteiger partial charge in [0.15, 0.2) is 0 Å². The van der Waals surface area contributed by atoms with Gasteiger partial charge >= 0.3 is 5.97 Å². The van der Waals surface area contributed by atoms with Crippen LogP contribution in [-0.4, -0.2) is 11.1 Å². The molecule has 0 heterocycles. The van der Waals surface area contributed by atoms with Gasteiger partial charge in [-0.25, -0.2) is 4.79 Å². The Morgan fingerprint density at radius 3 is 2.42 bits per heavy atom. The van der Waals surface area contributed by atoms with Crippen molar-refractivity contribution in [3.63, 3.8) is 0 Å². The average Bonchev–Trinajstić information content (AvgIpc) is 2.40. The highest BCUT2D eigenvalue weighted by molar-refractivity contribution is 14.1. The predicted molar refractivity (Wildman–Crippen MR) is 82.3 cm³/mol. The zero-order chi connectivity index (χ0) is 13.7. The lowest BCUT2D eigenvalue weighted by molar-refractivity contribution is -0.131. The summed E-state index contributed by atoms with van der Waals surface area (Å²) in [7, 11) is 0. The third kappa shape index (κ3) is 4.10. The van der Waals surface area contributed by atoms with Gasteiger partial charge in [0, 0.05) is 6.08 Å². The standard InChI is InChI=1S/C15H11IO3/c16-13-3-1-2-4-14(13)19-12-8-5-11(6-9-12)7-10-15(17)18/h1-10H,(H,17,18). The minimum absolute atomic E-state index is 0.719. The second-order valence-corrected chi connectivity index (χ2v) is 4.94. The van der Waals surface area contributed by atoms with Crippen molar-refractivity contribution in [2.75, 3.05) is 0 Å². The SMILES string of the molecule is O=C(O)C=Cc1ccc(Oc2ccccc2I)cc1. The molecule has 0 spiro atoms. The van der Waals surface area contributed by atoms with E-state index in [1.54, 1.807) is 6.08 Å². The molecular formula is C15H11IO3. The quantitative estimate of drug-likeness (QED) is 0.652. The summed E-state index contributed by atoms with van der Waals surface area (Å²) in [5, 5.41) is 8.54. The van der Waals surface area contributed by atoms with Gasteiger partial charge in [0.2, 0.25) is 0 Å². The molecule has 96 valence electrons. The largest absolute Gasteiger partial charge is 0.478 e. The first-order chi connectivity index (χ1) is 9.15. The summed E-state index contributed by atoms with van der Waals surface area (Å²) < 4.78 is 6.78. The van der Waals surface area contributed by atoms with Crippen LogP contribution in [0, 0.1) is 3.57 Å². The molecule has 2 aromatic carbocycles. The van der Waals surface area contributed by atoms with E-state index in [9.17, 15) is 4.79 Å². The second kappa shape index (κ2) is 6.38. The number of carbonyl (C=O) groups is 1. The number of carboxylic acids is 1. The molecular weight excluding hydrogens is 355 g/mol. The number of para-hydroxylation sites is 1. The molecule has 0 bridgehead atoms. The summed E-state index contributed by atoms with van der Waals surface area (Å²) in [6.45, 7) is 0. The van der Waals surface area contributed by atoms with Crippen LogP contribution >= 0.6 is 22.6 Å². The number of halogens is 1. The third-order valence-corrected chi connectivity index (χ3v) is 3.25. The van der Waals surface area contributed by atoms with Gasteiger partial charge in [0.25, 0.3) is 0 Å². The average molecular weight is 366 g/mol. The van der Waals surface area contributed by atoms with E-state index in [0.29, 0.717) is 0 Å². The van der Waals surface area contributed by atoms with Gasteiger partial charge < -0.3 is 9.84 Å². The molecule has 19 heavy (non-hydrogen) atoms. The lowest BCUT2D eigenvalue weighted by atomic mass is 10.2. The molecule has 4 heteroatoms. The van der Waals surface area contributed by atoms with Gasteiger partial charge in [-0.3, -0.25) is 0 Å². The Bertz CT molecular complexity index is 603. The van der Waals surface area contributed by atoms with Crippen LogP contribution in [0.3, 0.4) is 0 Å². The van der Waals surface area contributed by atoms with E-state index in [1.807, 2.05) is 48.5 Å². The van der Waals surface area contributed by atoms with Crippen LogP contribution in [-0.2, 0) is 4.79 Å². The first-order valence-electron chi connectivity index (χ1n) is 5.58. The predicted octanol–water partition coefficient (Wildman–Crippen LogP) is 4.18. The molecule has 0 radical (unpaired) electrons. The molecule has 0 aliphatic carbocycles. The minimum atomic E-state index is -0.959. The topological polar surface area (TPSA) is 46.5 Å². The van der Waals surface area contributed by atoms with E-state index < -0.39 is 5.97 Å². The maximum Gasteiger partial charge on any atom is 0.328 e. The number of rotatable bonds is 4. The summed E-state index contributed by atoms with van der Waals surface area (Å²) in [4.78, 5) is 10.4. The number of hydrogen-bond donors (Lipinski definition) is 1. The highest BCUT2D eigenvalue weighted by Gasteiger charge is 2.01. The summed E-state index contributed by atoms with van der Waals surface area (Å²) >= 11 is 2.21. The smallest absolute Gasteiger partial charge is 0.328 e. The Morgan fingerprint density at radius 2 is 1.79 bits per heavy atom. The maximum absolute atomic E-state index is 10.4. The van der Waals surface area contributed by atoms with Crippen molar-refractivity contribution < 1.29 is 14.6 Å². The van der Waals surface area contributed by atoms with E-state index in [2.05, 4.69) is 22.6 Å². The van der Waals surface area contributed by atoms with Gasteiger partial charge in [-0.05, 0) is 58.5 Å². The van der Waals surface area contributed by atoms with E-state index in [0.717, 1.165) is 26.7 Å². The molecule has 0 aromatic heterocycles. The highest BCUT2D eigenvalue weighted by atomic mass is 127. The zero-order valence-electron chi connectivity index (χ0n) is 9.92. The third-order valence-electron chi connectivity index (χ3n) is 2.36. The Balaban J connectivity index is 2.11. The number of aliphatic carboxylic acids is 1. The molecule has 0 saturated heterocycles. The van der Waals surface area contributed by atoms with Crippen LogP contribution < -0.4 is 4.74 Å². The van der Waals surface area contributed by atoms with Crippen molar-refractivity contribution in [1.29, 1.82) is 0 Å². The molecule has 0 fully saturated rings. The Labute approximate surface area is 124 Å². The molecule has 2 aromatic rings. The maximum atomic E-state index is 10.4. The van der Waals surface area contributed by atoms with Crippen LogP contribution in [0.25, 0.3) is 6.08 Å². The van der Waals surface area contributed by atoms with Gasteiger partial charge in [0.05, 0.1) is 3.57 Å². The first-order valence-corrected chi connectivity index (χ1v) is 6.66. The number of ether oxygens (including phenoxy) is 1.